The average Bonchev–Trinajstić information content (AvgIpc) is 3.11. The van der Waals surface area contributed by atoms with Crippen LogP contribution in [0.1, 0.15) is 49.3 Å². The molecule has 2 aromatic rings. The van der Waals surface area contributed by atoms with Crippen molar-refractivity contribution in [1.82, 2.24) is 4.57 Å². The first-order chi connectivity index (χ1) is 12.2. The van der Waals surface area contributed by atoms with Crippen LogP contribution in [0.4, 0.5) is 5.69 Å². The van der Waals surface area contributed by atoms with Gasteiger partial charge in [-0.05, 0) is 49.1 Å². The number of carbonyl (C=O) groups excluding carboxylic acids is 1. The molecule has 25 heavy (non-hydrogen) atoms. The van der Waals surface area contributed by atoms with Crippen LogP contribution in [0.2, 0.25) is 0 Å². The molecule has 4 heteroatoms. The molecule has 1 aromatic heterocycles. The van der Waals surface area contributed by atoms with Crippen molar-refractivity contribution in [3.8, 4) is 6.07 Å². The minimum atomic E-state index is -0.373. The van der Waals surface area contributed by atoms with Crippen LogP contribution in [0.25, 0.3) is 6.08 Å². The molecule has 0 bridgehead atoms. The second kappa shape index (κ2) is 7.85. The number of nitrogens with zero attached hydrogens (tertiary/aromatic N) is 2. The Morgan fingerprint density at radius 2 is 2.00 bits per heavy atom. The molecule has 0 spiro atoms. The van der Waals surface area contributed by atoms with Gasteiger partial charge < -0.3 is 9.88 Å². The van der Waals surface area contributed by atoms with Gasteiger partial charge in [-0.15, -0.1) is 0 Å². The van der Waals surface area contributed by atoms with Gasteiger partial charge in [0, 0.05) is 24.1 Å². The Labute approximate surface area is 148 Å². The van der Waals surface area contributed by atoms with Gasteiger partial charge in [-0.1, -0.05) is 37.5 Å². The van der Waals surface area contributed by atoms with Gasteiger partial charge in [-0.25, -0.2) is 0 Å². The third-order valence-electron chi connectivity index (χ3n) is 4.80. The van der Waals surface area contributed by atoms with Gasteiger partial charge in [0.2, 0.25) is 0 Å². The van der Waals surface area contributed by atoms with Crippen molar-refractivity contribution in [3.05, 3.63) is 59.4 Å². The zero-order valence-corrected chi connectivity index (χ0v) is 14.5. The third-order valence-corrected chi connectivity index (χ3v) is 4.80. The van der Waals surface area contributed by atoms with Crippen molar-refractivity contribution in [3.63, 3.8) is 0 Å². The van der Waals surface area contributed by atoms with E-state index >= 15 is 0 Å². The minimum Gasteiger partial charge on any atom is -0.351 e. The normalized spacial score (nSPS) is 15.6. The van der Waals surface area contributed by atoms with Crippen LogP contribution in [0.5, 0.6) is 0 Å². The Kier molecular flexibility index (Phi) is 5.35. The number of para-hydroxylation sites is 1. The highest BCUT2D eigenvalue weighted by molar-refractivity contribution is 6.09. The molecular formula is C21H23N3O. The predicted octanol–water partition coefficient (Wildman–Crippen LogP) is 4.85. The number of rotatable bonds is 4. The highest BCUT2D eigenvalue weighted by atomic mass is 16.1. The van der Waals surface area contributed by atoms with Gasteiger partial charge in [0.15, 0.2) is 0 Å². The lowest BCUT2D eigenvalue weighted by Crippen LogP contribution is -2.14. The van der Waals surface area contributed by atoms with E-state index in [0.29, 0.717) is 6.04 Å². The van der Waals surface area contributed by atoms with Crippen molar-refractivity contribution >= 4 is 17.7 Å². The molecule has 1 fully saturated rings. The molecular weight excluding hydrogens is 310 g/mol. The summed E-state index contributed by atoms with van der Waals surface area (Å²) >= 11 is 0. The topological polar surface area (TPSA) is 57.8 Å². The monoisotopic (exact) mass is 333 g/mol. The van der Waals surface area contributed by atoms with Crippen molar-refractivity contribution in [2.75, 3.05) is 5.32 Å². The molecule has 1 aliphatic rings. The maximum absolute atomic E-state index is 12.4. The number of amides is 1. The summed E-state index contributed by atoms with van der Waals surface area (Å²) in [7, 11) is 0. The fraction of sp³-hybridized carbons (Fsp3) is 0.333. The Bertz CT molecular complexity index is 820. The molecule has 0 unspecified atom stereocenters. The molecule has 4 nitrogen and oxygen atoms in total. The molecule has 1 saturated carbocycles. The van der Waals surface area contributed by atoms with E-state index in [-0.39, 0.29) is 11.5 Å². The van der Waals surface area contributed by atoms with Crippen LogP contribution >= 0.6 is 0 Å². The number of nitriles is 1. The molecule has 3 rings (SSSR count). The third kappa shape index (κ3) is 4.19. The largest absolute Gasteiger partial charge is 0.351 e. The zero-order valence-electron chi connectivity index (χ0n) is 14.5. The lowest BCUT2D eigenvalue weighted by molar-refractivity contribution is -0.112. The van der Waals surface area contributed by atoms with Crippen LogP contribution in [0, 0.1) is 18.3 Å². The summed E-state index contributed by atoms with van der Waals surface area (Å²) in [5.41, 5.74) is 2.71. The number of aryl methyl sites for hydroxylation is 1. The first-order valence-corrected chi connectivity index (χ1v) is 8.83. The van der Waals surface area contributed by atoms with E-state index in [2.05, 4.69) is 16.1 Å². The molecule has 1 amide bonds. The van der Waals surface area contributed by atoms with Gasteiger partial charge in [-0.2, -0.15) is 5.26 Å². The van der Waals surface area contributed by atoms with Crippen LogP contribution in [0.3, 0.4) is 0 Å². The summed E-state index contributed by atoms with van der Waals surface area (Å²) in [6, 6.07) is 12.1. The van der Waals surface area contributed by atoms with Crippen molar-refractivity contribution in [2.24, 2.45) is 0 Å². The standard InChI is InChI=1S/C21H23N3O/c1-16-7-5-6-10-20(16)23-21(25)18(14-22)13-17-11-12-24(15-17)19-8-3-2-4-9-19/h5-7,10-13,15,19H,2-4,8-9H2,1H3,(H,23,25)/b18-13+. The number of hydrogen-bond acceptors (Lipinski definition) is 2. The number of benzene rings is 1. The smallest absolute Gasteiger partial charge is 0.266 e. The average molecular weight is 333 g/mol. The SMILES string of the molecule is Cc1ccccc1NC(=O)/C(C#N)=C/c1ccn(C2CCCCC2)c1. The summed E-state index contributed by atoms with van der Waals surface area (Å²) in [5.74, 6) is -0.373. The Hall–Kier alpha value is -2.80. The van der Waals surface area contributed by atoms with E-state index in [1.54, 1.807) is 6.08 Å². The minimum absolute atomic E-state index is 0.115. The van der Waals surface area contributed by atoms with Crippen LogP contribution < -0.4 is 5.32 Å². The molecule has 0 radical (unpaired) electrons. The number of hydrogen-bond donors (Lipinski definition) is 1. The summed E-state index contributed by atoms with van der Waals surface area (Å²) in [6.45, 7) is 1.93. The lowest BCUT2D eigenvalue weighted by atomic mass is 9.95. The Morgan fingerprint density at radius 1 is 1.24 bits per heavy atom. The van der Waals surface area contributed by atoms with Crippen LogP contribution in [0.15, 0.2) is 48.3 Å². The molecule has 1 N–H and O–H groups in total. The summed E-state index contributed by atoms with van der Waals surface area (Å²) in [6.07, 6.45) is 12.0. The van der Waals surface area contributed by atoms with E-state index in [4.69, 9.17) is 0 Å². The van der Waals surface area contributed by atoms with E-state index in [1.165, 1.54) is 32.1 Å². The van der Waals surface area contributed by atoms with Crippen molar-refractivity contribution < 1.29 is 4.79 Å². The van der Waals surface area contributed by atoms with Crippen LogP contribution in [-0.2, 0) is 4.79 Å². The van der Waals surface area contributed by atoms with Gasteiger partial charge in [0.1, 0.15) is 11.6 Å². The quantitative estimate of drug-likeness (QED) is 0.642. The fourth-order valence-electron chi connectivity index (χ4n) is 3.34. The summed E-state index contributed by atoms with van der Waals surface area (Å²) < 4.78 is 2.22. The maximum Gasteiger partial charge on any atom is 0.266 e. The molecule has 128 valence electrons. The summed E-state index contributed by atoms with van der Waals surface area (Å²) in [4.78, 5) is 12.4. The Morgan fingerprint density at radius 3 is 2.72 bits per heavy atom. The number of aromatic nitrogens is 1. The lowest BCUT2D eigenvalue weighted by Gasteiger charge is -2.23. The zero-order chi connectivity index (χ0) is 17.6. The van der Waals surface area contributed by atoms with Gasteiger partial charge in [0.25, 0.3) is 5.91 Å². The summed E-state index contributed by atoms with van der Waals surface area (Å²) in [5, 5.41) is 12.2. The molecule has 1 aromatic carbocycles. The van der Waals surface area contributed by atoms with Gasteiger partial charge in [-0.3, -0.25) is 4.79 Å². The highest BCUT2D eigenvalue weighted by Crippen LogP contribution is 2.28. The highest BCUT2D eigenvalue weighted by Gasteiger charge is 2.15. The number of carbonyl (C=O) groups is 1. The van der Waals surface area contributed by atoms with Gasteiger partial charge in [0.05, 0.1) is 0 Å². The maximum atomic E-state index is 12.4. The predicted molar refractivity (Wildman–Crippen MR) is 100.0 cm³/mol. The van der Waals surface area contributed by atoms with E-state index in [0.717, 1.165) is 16.8 Å². The molecule has 0 aliphatic heterocycles. The van der Waals surface area contributed by atoms with E-state index in [1.807, 2.05) is 49.5 Å². The number of anilines is 1. The first kappa shape index (κ1) is 17.0. The fourth-order valence-corrected chi connectivity index (χ4v) is 3.34. The van der Waals surface area contributed by atoms with Crippen LogP contribution in [-0.4, -0.2) is 10.5 Å². The second-order valence-electron chi connectivity index (χ2n) is 6.62. The van der Waals surface area contributed by atoms with Crippen molar-refractivity contribution in [2.45, 2.75) is 45.1 Å². The Balaban J connectivity index is 1.74. The second-order valence-corrected chi connectivity index (χ2v) is 6.62. The first-order valence-electron chi connectivity index (χ1n) is 8.83. The van der Waals surface area contributed by atoms with E-state index < -0.39 is 0 Å². The molecule has 0 atom stereocenters. The van der Waals surface area contributed by atoms with Gasteiger partial charge >= 0.3 is 0 Å². The molecule has 0 saturated heterocycles. The molecule has 1 aliphatic carbocycles. The van der Waals surface area contributed by atoms with Crippen molar-refractivity contribution in [1.29, 1.82) is 5.26 Å². The molecule has 1 heterocycles. The van der Waals surface area contributed by atoms with E-state index in [9.17, 15) is 10.1 Å². The number of nitrogens with one attached hydrogen (secondary N) is 1.